The number of aromatic amines is 1. The predicted molar refractivity (Wildman–Crippen MR) is 82.0 cm³/mol. The fourth-order valence-corrected chi connectivity index (χ4v) is 3.73. The second kappa shape index (κ2) is 4.72. The molecule has 0 saturated heterocycles. The van der Waals surface area contributed by atoms with Gasteiger partial charge in [-0.2, -0.15) is 0 Å². The molecule has 0 spiro atoms. The minimum absolute atomic E-state index is 0.0101. The number of fused-ring (bicyclic) bond motifs is 3. The lowest BCUT2D eigenvalue weighted by atomic mass is 9.93. The van der Waals surface area contributed by atoms with E-state index in [0.717, 1.165) is 29.3 Å². The van der Waals surface area contributed by atoms with E-state index in [1.165, 1.54) is 12.8 Å². The molecule has 1 amide bonds. The van der Waals surface area contributed by atoms with Gasteiger partial charge >= 0.3 is 0 Å². The topological polar surface area (TPSA) is 57.8 Å². The molecule has 2 aliphatic carbocycles. The van der Waals surface area contributed by atoms with Gasteiger partial charge in [0.25, 0.3) is 5.91 Å². The van der Waals surface area contributed by atoms with E-state index in [1.807, 2.05) is 25.1 Å². The molecule has 2 aromatic rings. The summed E-state index contributed by atoms with van der Waals surface area (Å²) in [6, 6.07) is 5.62. The van der Waals surface area contributed by atoms with E-state index < -0.39 is 0 Å². The summed E-state index contributed by atoms with van der Waals surface area (Å²) in [4.78, 5) is 19.8. The summed E-state index contributed by atoms with van der Waals surface area (Å²) in [7, 11) is 0. The van der Waals surface area contributed by atoms with Gasteiger partial charge in [0.2, 0.25) is 0 Å². The van der Waals surface area contributed by atoms with Crippen LogP contribution in [0, 0.1) is 24.7 Å². The van der Waals surface area contributed by atoms with Crippen LogP contribution in [0.5, 0.6) is 0 Å². The number of imidazole rings is 1. The Balaban J connectivity index is 1.45. The number of benzene rings is 1. The van der Waals surface area contributed by atoms with Crippen LogP contribution in [0.1, 0.15) is 29.0 Å². The van der Waals surface area contributed by atoms with Crippen molar-refractivity contribution in [2.75, 3.05) is 6.54 Å². The van der Waals surface area contributed by atoms with E-state index in [0.29, 0.717) is 17.4 Å². The average Bonchev–Trinajstić information content (AvgIpc) is 3.17. The molecule has 0 aliphatic heterocycles. The number of hydrogen-bond donors (Lipinski definition) is 2. The second-order valence-corrected chi connectivity index (χ2v) is 6.30. The van der Waals surface area contributed by atoms with Gasteiger partial charge in [0.1, 0.15) is 5.82 Å². The second-order valence-electron chi connectivity index (χ2n) is 6.30. The van der Waals surface area contributed by atoms with Gasteiger partial charge in [-0.3, -0.25) is 4.79 Å². The maximum Gasteiger partial charge on any atom is 0.251 e. The van der Waals surface area contributed by atoms with Crippen LogP contribution in [0.4, 0.5) is 0 Å². The van der Waals surface area contributed by atoms with Crippen LogP contribution in [0.2, 0.25) is 0 Å². The van der Waals surface area contributed by atoms with E-state index in [1.54, 1.807) is 0 Å². The molecular formula is C17H19N3O. The summed E-state index contributed by atoms with van der Waals surface area (Å²) in [5.41, 5.74) is 2.52. The zero-order valence-electron chi connectivity index (χ0n) is 12.1. The first kappa shape index (κ1) is 12.6. The van der Waals surface area contributed by atoms with Crippen molar-refractivity contribution in [1.82, 2.24) is 15.3 Å². The molecule has 1 fully saturated rings. The van der Waals surface area contributed by atoms with Crippen molar-refractivity contribution in [1.29, 1.82) is 0 Å². The van der Waals surface area contributed by atoms with Crippen LogP contribution in [0.25, 0.3) is 11.0 Å². The van der Waals surface area contributed by atoms with Gasteiger partial charge in [0, 0.05) is 12.1 Å². The van der Waals surface area contributed by atoms with Gasteiger partial charge in [0.05, 0.1) is 11.0 Å². The van der Waals surface area contributed by atoms with Crippen LogP contribution < -0.4 is 5.32 Å². The smallest absolute Gasteiger partial charge is 0.251 e. The molecule has 4 nitrogen and oxygen atoms in total. The third-order valence-corrected chi connectivity index (χ3v) is 4.80. The van der Waals surface area contributed by atoms with Crippen molar-refractivity contribution >= 4 is 16.9 Å². The van der Waals surface area contributed by atoms with Gasteiger partial charge in [-0.15, -0.1) is 0 Å². The minimum atomic E-state index is 0.0101. The number of rotatable bonds is 3. The molecule has 1 heterocycles. The van der Waals surface area contributed by atoms with Crippen LogP contribution in [0.15, 0.2) is 30.4 Å². The molecule has 1 aromatic heterocycles. The molecule has 2 aliphatic rings. The number of allylic oxidation sites excluding steroid dienone is 2. The number of nitrogens with one attached hydrogen (secondary N) is 2. The fourth-order valence-electron chi connectivity index (χ4n) is 3.73. The molecule has 2 bridgehead atoms. The van der Waals surface area contributed by atoms with Gasteiger partial charge in [-0.1, -0.05) is 12.2 Å². The normalized spacial score (nSPS) is 26.6. The van der Waals surface area contributed by atoms with Crippen LogP contribution >= 0.6 is 0 Å². The van der Waals surface area contributed by atoms with Gasteiger partial charge < -0.3 is 10.3 Å². The number of aryl methyl sites for hydroxylation is 1. The average molecular weight is 281 g/mol. The molecule has 3 atom stereocenters. The van der Waals surface area contributed by atoms with E-state index in [2.05, 4.69) is 27.4 Å². The number of carbonyl (C=O) groups excluding carboxylic acids is 1. The Labute approximate surface area is 123 Å². The molecule has 4 heteroatoms. The fraction of sp³-hybridized carbons (Fsp3) is 0.412. The third kappa shape index (κ3) is 2.24. The zero-order valence-corrected chi connectivity index (χ0v) is 12.1. The first-order chi connectivity index (χ1) is 10.2. The highest BCUT2D eigenvalue weighted by Gasteiger charge is 2.35. The van der Waals surface area contributed by atoms with E-state index >= 15 is 0 Å². The Bertz CT molecular complexity index is 731. The number of amides is 1. The third-order valence-electron chi connectivity index (χ3n) is 4.80. The molecule has 0 unspecified atom stereocenters. The summed E-state index contributed by atoms with van der Waals surface area (Å²) in [5, 5.41) is 3.09. The van der Waals surface area contributed by atoms with Crippen molar-refractivity contribution in [3.05, 3.63) is 41.7 Å². The highest BCUT2D eigenvalue weighted by atomic mass is 16.1. The van der Waals surface area contributed by atoms with Crippen molar-refractivity contribution in [2.45, 2.75) is 19.8 Å². The maximum atomic E-state index is 12.3. The molecule has 1 saturated carbocycles. The summed E-state index contributed by atoms with van der Waals surface area (Å²) < 4.78 is 0. The van der Waals surface area contributed by atoms with E-state index in [4.69, 9.17) is 0 Å². The molecule has 1 aromatic carbocycles. The van der Waals surface area contributed by atoms with Crippen molar-refractivity contribution in [2.24, 2.45) is 17.8 Å². The van der Waals surface area contributed by atoms with Crippen molar-refractivity contribution in [3.63, 3.8) is 0 Å². The molecule has 2 N–H and O–H groups in total. The summed E-state index contributed by atoms with van der Waals surface area (Å²) in [5.74, 6) is 2.92. The number of hydrogen-bond acceptors (Lipinski definition) is 2. The highest BCUT2D eigenvalue weighted by Crippen LogP contribution is 2.42. The zero-order chi connectivity index (χ0) is 14.4. The Kier molecular flexibility index (Phi) is 2.84. The SMILES string of the molecule is Cc1nc2ccc(C(=O)NC[C@H]3C[C@@H]4C=C[C@H]3C4)cc2[nH]1. The Morgan fingerprint density at radius 3 is 3.05 bits per heavy atom. The first-order valence-corrected chi connectivity index (χ1v) is 7.62. The van der Waals surface area contributed by atoms with E-state index in [-0.39, 0.29) is 5.91 Å². The Hall–Kier alpha value is -2.10. The summed E-state index contributed by atoms with van der Waals surface area (Å²) >= 11 is 0. The largest absolute Gasteiger partial charge is 0.352 e. The molecule has 108 valence electrons. The quantitative estimate of drug-likeness (QED) is 0.850. The van der Waals surface area contributed by atoms with Gasteiger partial charge in [-0.05, 0) is 55.7 Å². The van der Waals surface area contributed by atoms with Crippen molar-refractivity contribution in [3.8, 4) is 0 Å². The highest BCUT2D eigenvalue weighted by molar-refractivity contribution is 5.97. The predicted octanol–water partition coefficient (Wildman–Crippen LogP) is 2.81. The lowest BCUT2D eigenvalue weighted by Gasteiger charge is -2.18. The van der Waals surface area contributed by atoms with Crippen LogP contribution in [-0.4, -0.2) is 22.4 Å². The number of H-pyrrole nitrogens is 1. The van der Waals surface area contributed by atoms with Gasteiger partial charge in [0.15, 0.2) is 0 Å². The minimum Gasteiger partial charge on any atom is -0.352 e. The number of aromatic nitrogens is 2. The first-order valence-electron chi connectivity index (χ1n) is 7.62. The Morgan fingerprint density at radius 1 is 1.38 bits per heavy atom. The molecule has 0 radical (unpaired) electrons. The lowest BCUT2D eigenvalue weighted by Crippen LogP contribution is -2.30. The molecule has 4 rings (SSSR count). The Morgan fingerprint density at radius 2 is 2.29 bits per heavy atom. The number of carbonyl (C=O) groups is 1. The van der Waals surface area contributed by atoms with Crippen molar-refractivity contribution < 1.29 is 4.79 Å². The molecule has 21 heavy (non-hydrogen) atoms. The van der Waals surface area contributed by atoms with Crippen LogP contribution in [0.3, 0.4) is 0 Å². The summed E-state index contributed by atoms with van der Waals surface area (Å²) in [6.07, 6.45) is 7.15. The maximum absolute atomic E-state index is 12.3. The standard InChI is InChI=1S/C17H19N3O/c1-10-19-15-5-4-13(8-16(15)20-10)17(21)18-9-14-7-11-2-3-12(14)6-11/h2-5,8,11-12,14H,6-7,9H2,1H3,(H,18,21)(H,19,20)/t11-,12+,14-/m1/s1. The van der Waals surface area contributed by atoms with Crippen LogP contribution in [-0.2, 0) is 0 Å². The number of nitrogens with zero attached hydrogens (tertiary/aromatic N) is 1. The molecular weight excluding hydrogens is 262 g/mol. The monoisotopic (exact) mass is 281 g/mol. The summed E-state index contributed by atoms with van der Waals surface area (Å²) in [6.45, 7) is 2.70. The lowest BCUT2D eigenvalue weighted by molar-refractivity contribution is 0.0945. The van der Waals surface area contributed by atoms with Gasteiger partial charge in [-0.25, -0.2) is 4.98 Å². The van der Waals surface area contributed by atoms with E-state index in [9.17, 15) is 4.79 Å².